The number of fused-ring (bicyclic) bond motifs is 6. The highest BCUT2D eigenvalue weighted by Crippen LogP contribution is 2.35. The molecule has 1 fully saturated rings. The van der Waals surface area contributed by atoms with Gasteiger partial charge in [-0.15, -0.1) is 0 Å². The van der Waals surface area contributed by atoms with Crippen molar-refractivity contribution >= 4 is 39.6 Å². The van der Waals surface area contributed by atoms with Crippen molar-refractivity contribution < 1.29 is 27.4 Å². The number of halogens is 3. The van der Waals surface area contributed by atoms with E-state index in [1.807, 2.05) is 34.6 Å². The molecular weight excluding hydrogens is 677 g/mol. The number of rotatable bonds is 5. The second-order valence-electron chi connectivity index (χ2n) is 13.1. The normalized spacial score (nSPS) is 19.3. The minimum atomic E-state index is -0.814. The van der Waals surface area contributed by atoms with Crippen LogP contribution in [0.4, 0.5) is 24.8 Å². The SMILES string of the molecule is COCc1nc(N2C[C@@H]3C[C@H]2C(=O)N(C)C[C@@H](OC)Cn2c(C)nc4cc(F)cc(c42)-c2cccc(n2)N3)c2cnn(-c3ccc(F)cc3F)c2n1. The molecule has 52 heavy (non-hydrogen) atoms. The van der Waals surface area contributed by atoms with E-state index in [1.165, 1.54) is 36.2 Å². The number of amides is 1. The Bertz CT molecular complexity index is 2350. The van der Waals surface area contributed by atoms with Crippen molar-refractivity contribution in [2.45, 2.75) is 44.7 Å². The van der Waals surface area contributed by atoms with Crippen LogP contribution in [0.2, 0.25) is 0 Å². The number of ether oxygens (including phenoxy) is 2. The summed E-state index contributed by atoms with van der Waals surface area (Å²) in [7, 11) is 4.83. The van der Waals surface area contributed by atoms with Crippen LogP contribution in [0.15, 0.2) is 54.7 Å². The summed E-state index contributed by atoms with van der Waals surface area (Å²) in [6.45, 7) is 2.80. The van der Waals surface area contributed by atoms with E-state index in [9.17, 15) is 9.18 Å². The Kier molecular flexibility index (Phi) is 8.50. The van der Waals surface area contributed by atoms with Gasteiger partial charge in [0.05, 0.1) is 41.0 Å². The highest BCUT2D eigenvalue weighted by molar-refractivity contribution is 5.94. The van der Waals surface area contributed by atoms with Gasteiger partial charge >= 0.3 is 0 Å². The van der Waals surface area contributed by atoms with Crippen molar-refractivity contribution in [3.05, 3.63) is 83.8 Å². The summed E-state index contributed by atoms with van der Waals surface area (Å²) in [5.74, 6) is -0.226. The predicted molar refractivity (Wildman–Crippen MR) is 187 cm³/mol. The number of likely N-dealkylation sites (N-methyl/N-ethyl adjacent to an activating group) is 1. The number of aryl methyl sites for hydroxylation is 1. The van der Waals surface area contributed by atoms with E-state index >= 15 is 8.78 Å². The van der Waals surface area contributed by atoms with Crippen molar-refractivity contribution in [2.75, 3.05) is 44.6 Å². The lowest BCUT2D eigenvalue weighted by atomic mass is 10.1. The van der Waals surface area contributed by atoms with Crippen LogP contribution in [0.5, 0.6) is 0 Å². The second kappa shape index (κ2) is 13.2. The number of hydrogen-bond acceptors (Lipinski definition) is 10. The molecule has 8 rings (SSSR count). The lowest BCUT2D eigenvalue weighted by molar-refractivity contribution is -0.132. The zero-order valence-corrected chi connectivity index (χ0v) is 28.8. The van der Waals surface area contributed by atoms with Gasteiger partial charge in [-0.2, -0.15) is 5.10 Å². The lowest BCUT2D eigenvalue weighted by Crippen LogP contribution is -2.47. The second-order valence-corrected chi connectivity index (χ2v) is 13.1. The lowest BCUT2D eigenvalue weighted by Gasteiger charge is -2.31. The van der Waals surface area contributed by atoms with Crippen molar-refractivity contribution in [3.63, 3.8) is 0 Å². The predicted octanol–water partition coefficient (Wildman–Crippen LogP) is 4.65. The van der Waals surface area contributed by atoms with Crippen LogP contribution >= 0.6 is 0 Å². The maximum absolute atomic E-state index is 15.0. The zero-order valence-electron chi connectivity index (χ0n) is 28.8. The fourth-order valence-electron chi connectivity index (χ4n) is 7.29. The van der Waals surface area contributed by atoms with Crippen LogP contribution in [-0.2, 0) is 27.4 Å². The van der Waals surface area contributed by atoms with Crippen molar-refractivity contribution in [1.82, 2.24) is 39.2 Å². The summed E-state index contributed by atoms with van der Waals surface area (Å²) in [4.78, 5) is 37.1. The Morgan fingerprint density at radius 3 is 2.60 bits per heavy atom. The van der Waals surface area contributed by atoms with Crippen LogP contribution in [0.1, 0.15) is 18.1 Å². The molecule has 13 nitrogen and oxygen atoms in total. The van der Waals surface area contributed by atoms with Crippen molar-refractivity contribution in [1.29, 1.82) is 0 Å². The maximum atomic E-state index is 15.0. The first-order valence-electron chi connectivity index (χ1n) is 16.8. The van der Waals surface area contributed by atoms with Crippen molar-refractivity contribution in [3.8, 4) is 16.9 Å². The number of carbonyl (C=O) groups is 1. The largest absolute Gasteiger partial charge is 0.378 e. The van der Waals surface area contributed by atoms with Gasteiger partial charge in [-0.25, -0.2) is 37.8 Å². The first-order valence-corrected chi connectivity index (χ1v) is 16.8. The molecule has 6 heterocycles. The number of pyridine rings is 1. The summed E-state index contributed by atoms with van der Waals surface area (Å²) in [5, 5.41) is 8.39. The number of methoxy groups -OCH3 is 2. The van der Waals surface area contributed by atoms with Crippen LogP contribution in [0, 0.1) is 24.4 Å². The Morgan fingerprint density at radius 1 is 0.962 bits per heavy atom. The molecule has 268 valence electrons. The van der Waals surface area contributed by atoms with Gasteiger partial charge in [0, 0.05) is 58.1 Å². The molecule has 0 saturated carbocycles. The summed E-state index contributed by atoms with van der Waals surface area (Å²) < 4.78 is 58.4. The van der Waals surface area contributed by atoms with Crippen molar-refractivity contribution in [2.24, 2.45) is 0 Å². The summed E-state index contributed by atoms with van der Waals surface area (Å²) in [6.07, 6.45) is 1.45. The molecule has 4 aromatic heterocycles. The Balaban J connectivity index is 1.25. The standard InChI is InChI=1S/C36H35F3N10O3/c1-19-41-28-12-21(38)10-24-27-6-5-7-31(43-27)42-22-13-30(36(50)46(2)16-23(52-4)17-47(19)33(24)28)48(15-22)34-25-14-40-49(29-9-8-20(37)11-26(29)39)35(25)45-32(44-34)18-51-3/h5-12,14,22-23,30H,13,15-18H2,1-4H3,(H,42,43)/t22-,23+,30-/m0/s1. The number of imidazole rings is 1. The Morgan fingerprint density at radius 2 is 1.81 bits per heavy atom. The number of benzene rings is 2. The zero-order chi connectivity index (χ0) is 36.3. The van der Waals surface area contributed by atoms with E-state index in [0.717, 1.165) is 17.6 Å². The molecule has 4 bridgehead atoms. The average molecular weight is 713 g/mol. The quantitative estimate of drug-likeness (QED) is 0.270. The molecule has 1 N–H and O–H groups in total. The minimum absolute atomic E-state index is 0.00241. The van der Waals surface area contributed by atoms with E-state index in [1.54, 1.807) is 19.1 Å². The summed E-state index contributed by atoms with van der Waals surface area (Å²) in [6, 6.07) is 10.6. The number of carbonyl (C=O) groups excluding carboxylic acids is 1. The number of anilines is 2. The third kappa shape index (κ3) is 5.86. The van der Waals surface area contributed by atoms with Gasteiger partial charge in [0.2, 0.25) is 5.91 Å². The van der Waals surface area contributed by atoms with Gasteiger partial charge in [-0.1, -0.05) is 6.07 Å². The van der Waals surface area contributed by atoms with E-state index in [-0.39, 0.29) is 42.3 Å². The Labute approximate surface area is 296 Å². The van der Waals surface area contributed by atoms with E-state index < -0.39 is 29.6 Å². The van der Waals surface area contributed by atoms with Crippen LogP contribution < -0.4 is 10.2 Å². The molecule has 2 aromatic carbocycles. The molecule has 0 unspecified atom stereocenters. The molecule has 1 amide bonds. The molecule has 1 saturated heterocycles. The van der Waals surface area contributed by atoms with E-state index in [2.05, 4.69) is 20.4 Å². The van der Waals surface area contributed by atoms with E-state index in [0.29, 0.717) is 59.1 Å². The molecule has 0 radical (unpaired) electrons. The van der Waals surface area contributed by atoms with Gasteiger partial charge in [0.15, 0.2) is 17.3 Å². The summed E-state index contributed by atoms with van der Waals surface area (Å²) in [5.41, 5.74) is 2.64. The first-order chi connectivity index (χ1) is 25.1. The Hall–Kier alpha value is -5.61. The van der Waals surface area contributed by atoms with Gasteiger partial charge in [-0.05, 0) is 43.7 Å². The van der Waals surface area contributed by atoms with Gasteiger partial charge < -0.3 is 29.2 Å². The van der Waals surface area contributed by atoms with Gasteiger partial charge in [0.25, 0.3) is 0 Å². The number of hydrogen-bond donors (Lipinski definition) is 1. The smallest absolute Gasteiger partial charge is 0.245 e. The topological polar surface area (TPSA) is 128 Å². The molecular formula is C36H35F3N10O3. The van der Waals surface area contributed by atoms with Crippen LogP contribution in [-0.4, -0.2) is 97.6 Å². The van der Waals surface area contributed by atoms with Crippen LogP contribution in [0.3, 0.4) is 0 Å². The highest BCUT2D eigenvalue weighted by atomic mass is 19.1. The fourth-order valence-corrected chi connectivity index (χ4v) is 7.29. The number of nitrogens with one attached hydrogen (secondary N) is 1. The van der Waals surface area contributed by atoms with Crippen LogP contribution in [0.25, 0.3) is 39.0 Å². The molecule has 0 aliphatic carbocycles. The highest BCUT2D eigenvalue weighted by Gasteiger charge is 2.41. The monoisotopic (exact) mass is 712 g/mol. The minimum Gasteiger partial charge on any atom is -0.378 e. The third-order valence-corrected chi connectivity index (χ3v) is 9.67. The van der Waals surface area contributed by atoms with Gasteiger partial charge in [-0.3, -0.25) is 4.79 Å². The molecule has 16 heteroatoms. The third-order valence-electron chi connectivity index (χ3n) is 9.67. The molecule has 2 aliphatic heterocycles. The molecule has 3 atom stereocenters. The fraction of sp³-hybridized carbons (Fsp3) is 0.333. The molecule has 6 aromatic rings. The maximum Gasteiger partial charge on any atom is 0.245 e. The number of aromatic nitrogens is 7. The van der Waals surface area contributed by atoms with E-state index in [4.69, 9.17) is 19.4 Å². The average Bonchev–Trinajstić information content (AvgIpc) is 3.82. The van der Waals surface area contributed by atoms with Gasteiger partial charge in [0.1, 0.15) is 47.4 Å². The number of nitrogens with zero attached hydrogens (tertiary/aromatic N) is 9. The first kappa shape index (κ1) is 33.5. The molecule has 2 aliphatic rings. The molecule has 0 spiro atoms. The summed E-state index contributed by atoms with van der Waals surface area (Å²) >= 11 is 0.